The number of anilines is 1. The second-order valence-corrected chi connectivity index (χ2v) is 7.13. The number of fused-ring (bicyclic) bond motifs is 1. The van der Waals surface area contributed by atoms with Gasteiger partial charge in [0.05, 0.1) is 16.8 Å². The lowest BCUT2D eigenvalue weighted by atomic mass is 9.81. The Morgan fingerprint density at radius 1 is 1.19 bits per heavy atom. The second-order valence-electron chi connectivity index (χ2n) is 7.13. The summed E-state index contributed by atoms with van der Waals surface area (Å²) in [5, 5.41) is 12.6. The molecule has 1 aromatic carbocycles. The van der Waals surface area contributed by atoms with Crippen molar-refractivity contribution in [3.8, 4) is 11.3 Å². The number of likely N-dealkylation sites (tertiary alicyclic amines) is 1. The molecule has 1 saturated carbocycles. The predicted molar refractivity (Wildman–Crippen MR) is 97.7 cm³/mol. The number of hydrogen-bond donors (Lipinski definition) is 2. The molecule has 6 heteroatoms. The van der Waals surface area contributed by atoms with E-state index in [1.54, 1.807) is 17.2 Å². The van der Waals surface area contributed by atoms with Gasteiger partial charge in [0.2, 0.25) is 0 Å². The van der Waals surface area contributed by atoms with Crippen molar-refractivity contribution in [2.75, 3.05) is 18.4 Å². The van der Waals surface area contributed by atoms with Crippen molar-refractivity contribution in [3.05, 3.63) is 48.7 Å². The van der Waals surface area contributed by atoms with Crippen molar-refractivity contribution in [1.82, 2.24) is 9.88 Å². The van der Waals surface area contributed by atoms with Crippen LogP contribution >= 0.6 is 0 Å². The topological polar surface area (TPSA) is 82.5 Å². The van der Waals surface area contributed by atoms with E-state index in [9.17, 15) is 14.7 Å². The van der Waals surface area contributed by atoms with Crippen molar-refractivity contribution in [3.63, 3.8) is 0 Å². The van der Waals surface area contributed by atoms with Crippen molar-refractivity contribution < 1.29 is 14.7 Å². The van der Waals surface area contributed by atoms with Crippen molar-refractivity contribution in [2.24, 2.45) is 11.3 Å². The first-order valence-electron chi connectivity index (χ1n) is 8.90. The molecule has 1 saturated heterocycles. The molecule has 2 aromatic rings. The molecule has 2 aliphatic rings. The molecule has 1 aromatic heterocycles. The zero-order valence-corrected chi connectivity index (χ0v) is 14.4. The van der Waals surface area contributed by atoms with E-state index in [1.165, 1.54) is 0 Å². The first-order valence-corrected chi connectivity index (χ1v) is 8.90. The fourth-order valence-electron chi connectivity index (χ4n) is 4.32. The maximum absolute atomic E-state index is 12.8. The second kappa shape index (κ2) is 6.44. The van der Waals surface area contributed by atoms with Crippen molar-refractivity contribution >= 4 is 17.7 Å². The van der Waals surface area contributed by atoms with Crippen LogP contribution in [0.25, 0.3) is 11.3 Å². The standard InChI is InChI=1S/C20H21N3O3/c24-18(25)20-10-4-8-15(20)12-23(13-20)19(26)22-16-9-5-11-21-17(16)14-6-2-1-3-7-14/h1-3,5-7,9,11,15H,4,8,10,12-13H2,(H,22,26)(H,24,25)/t15-,20+/m0/s1. The summed E-state index contributed by atoms with van der Waals surface area (Å²) in [6, 6.07) is 13.0. The van der Waals surface area contributed by atoms with E-state index in [2.05, 4.69) is 10.3 Å². The van der Waals surface area contributed by atoms with E-state index in [1.807, 2.05) is 36.4 Å². The minimum Gasteiger partial charge on any atom is -0.481 e. The Morgan fingerprint density at radius 3 is 2.73 bits per heavy atom. The van der Waals surface area contributed by atoms with Crippen LogP contribution in [0.4, 0.5) is 10.5 Å². The highest BCUT2D eigenvalue weighted by Crippen LogP contribution is 2.49. The number of carboxylic acid groups (broad SMARTS) is 1. The molecule has 2 amide bonds. The van der Waals surface area contributed by atoms with Crippen LogP contribution in [-0.4, -0.2) is 40.1 Å². The molecule has 1 aliphatic carbocycles. The number of nitrogens with one attached hydrogen (secondary N) is 1. The minimum absolute atomic E-state index is 0.0493. The number of hydrogen-bond acceptors (Lipinski definition) is 3. The Balaban J connectivity index is 1.54. The first kappa shape index (κ1) is 16.6. The van der Waals surface area contributed by atoms with Gasteiger partial charge in [-0.15, -0.1) is 0 Å². The Hall–Kier alpha value is -2.89. The summed E-state index contributed by atoms with van der Waals surface area (Å²) in [7, 11) is 0. The number of benzene rings is 1. The van der Waals surface area contributed by atoms with Gasteiger partial charge in [-0.3, -0.25) is 9.78 Å². The van der Waals surface area contributed by atoms with Crippen LogP contribution < -0.4 is 5.32 Å². The summed E-state index contributed by atoms with van der Waals surface area (Å²) in [5.41, 5.74) is 1.48. The molecule has 6 nitrogen and oxygen atoms in total. The van der Waals surface area contributed by atoms with Crippen LogP contribution in [0.3, 0.4) is 0 Å². The number of pyridine rings is 1. The maximum Gasteiger partial charge on any atom is 0.321 e. The summed E-state index contributed by atoms with van der Waals surface area (Å²) < 4.78 is 0. The summed E-state index contributed by atoms with van der Waals surface area (Å²) in [5.74, 6) is -0.727. The molecule has 1 aliphatic heterocycles. The molecule has 4 rings (SSSR count). The Labute approximate surface area is 151 Å². The number of amides is 2. The molecular weight excluding hydrogens is 330 g/mol. The largest absolute Gasteiger partial charge is 0.481 e. The fourth-order valence-corrected chi connectivity index (χ4v) is 4.32. The lowest BCUT2D eigenvalue weighted by Gasteiger charge is -2.23. The highest BCUT2D eigenvalue weighted by Gasteiger charge is 2.55. The molecule has 0 spiro atoms. The Bertz CT molecular complexity index is 839. The maximum atomic E-state index is 12.8. The third kappa shape index (κ3) is 2.71. The van der Waals surface area contributed by atoms with Crippen LogP contribution in [-0.2, 0) is 4.79 Å². The van der Waals surface area contributed by atoms with E-state index >= 15 is 0 Å². The number of nitrogens with zero attached hydrogens (tertiary/aromatic N) is 2. The van der Waals surface area contributed by atoms with E-state index in [0.717, 1.165) is 18.4 Å². The zero-order valence-electron chi connectivity index (χ0n) is 14.4. The Morgan fingerprint density at radius 2 is 2.00 bits per heavy atom. The third-order valence-corrected chi connectivity index (χ3v) is 5.68. The number of carbonyl (C=O) groups is 2. The van der Waals surface area contributed by atoms with Crippen molar-refractivity contribution in [1.29, 1.82) is 0 Å². The molecule has 0 bridgehead atoms. The minimum atomic E-state index is -0.776. The first-order chi connectivity index (χ1) is 12.6. The number of urea groups is 1. The SMILES string of the molecule is O=C(Nc1cccnc1-c1ccccc1)N1C[C@@H]2CCC[C@@]2(C(=O)O)C1. The quantitative estimate of drug-likeness (QED) is 0.887. The average molecular weight is 351 g/mol. The number of rotatable bonds is 3. The lowest BCUT2D eigenvalue weighted by Crippen LogP contribution is -2.38. The molecule has 2 N–H and O–H groups in total. The number of aliphatic carboxylic acids is 1. The van der Waals surface area contributed by atoms with Gasteiger partial charge in [0.15, 0.2) is 0 Å². The predicted octanol–water partition coefficient (Wildman–Crippen LogP) is 3.47. The van der Waals surface area contributed by atoms with Gasteiger partial charge in [-0.1, -0.05) is 36.8 Å². The van der Waals surface area contributed by atoms with Gasteiger partial charge in [0, 0.05) is 24.8 Å². The number of aromatic nitrogens is 1. The zero-order chi connectivity index (χ0) is 18.1. The summed E-state index contributed by atoms with van der Waals surface area (Å²) in [6.45, 7) is 0.777. The van der Waals surface area contributed by atoms with E-state index in [-0.39, 0.29) is 18.5 Å². The normalized spacial score (nSPS) is 24.3. The summed E-state index contributed by atoms with van der Waals surface area (Å²) in [6.07, 6.45) is 4.14. The van der Waals surface area contributed by atoms with Gasteiger partial charge >= 0.3 is 12.0 Å². The van der Waals surface area contributed by atoms with Gasteiger partial charge in [-0.05, 0) is 30.9 Å². The molecule has 2 fully saturated rings. The third-order valence-electron chi connectivity index (χ3n) is 5.68. The lowest BCUT2D eigenvalue weighted by molar-refractivity contribution is -0.149. The van der Waals surface area contributed by atoms with Crippen LogP contribution in [0.2, 0.25) is 0 Å². The fraction of sp³-hybridized carbons (Fsp3) is 0.350. The average Bonchev–Trinajstić information content (AvgIpc) is 3.21. The molecular formula is C20H21N3O3. The van der Waals surface area contributed by atoms with Gasteiger partial charge in [-0.2, -0.15) is 0 Å². The van der Waals surface area contributed by atoms with Crippen LogP contribution in [0.5, 0.6) is 0 Å². The Kier molecular flexibility index (Phi) is 4.11. The molecule has 26 heavy (non-hydrogen) atoms. The molecule has 0 radical (unpaired) electrons. The monoisotopic (exact) mass is 351 g/mol. The van der Waals surface area contributed by atoms with Crippen LogP contribution in [0.15, 0.2) is 48.7 Å². The molecule has 2 atom stereocenters. The van der Waals surface area contributed by atoms with Crippen molar-refractivity contribution in [2.45, 2.75) is 19.3 Å². The van der Waals surface area contributed by atoms with E-state index in [4.69, 9.17) is 0 Å². The molecule has 2 heterocycles. The summed E-state index contributed by atoms with van der Waals surface area (Å²) >= 11 is 0. The smallest absolute Gasteiger partial charge is 0.321 e. The molecule has 0 unspecified atom stereocenters. The van der Waals surface area contributed by atoms with E-state index < -0.39 is 11.4 Å². The highest BCUT2D eigenvalue weighted by molar-refractivity contribution is 5.94. The molecule has 134 valence electrons. The van der Waals surface area contributed by atoms with Gasteiger partial charge in [-0.25, -0.2) is 4.79 Å². The number of carbonyl (C=O) groups excluding carboxylic acids is 1. The summed E-state index contributed by atoms with van der Waals surface area (Å²) in [4.78, 5) is 30.6. The van der Waals surface area contributed by atoms with E-state index in [0.29, 0.717) is 24.3 Å². The van der Waals surface area contributed by atoms with Gasteiger partial charge in [0.1, 0.15) is 0 Å². The highest BCUT2D eigenvalue weighted by atomic mass is 16.4. The van der Waals surface area contributed by atoms with Gasteiger partial charge < -0.3 is 15.3 Å². The van der Waals surface area contributed by atoms with Crippen LogP contribution in [0, 0.1) is 11.3 Å². The van der Waals surface area contributed by atoms with Gasteiger partial charge in [0.25, 0.3) is 0 Å². The number of carboxylic acids is 1. The van der Waals surface area contributed by atoms with Crippen LogP contribution in [0.1, 0.15) is 19.3 Å².